The number of pyridine rings is 1. The van der Waals surface area contributed by atoms with Crippen molar-refractivity contribution in [2.24, 2.45) is 0 Å². The summed E-state index contributed by atoms with van der Waals surface area (Å²) >= 11 is 1.72. The van der Waals surface area contributed by atoms with Crippen LogP contribution in [0.3, 0.4) is 0 Å². The number of aryl methyl sites for hydroxylation is 1. The molecule has 2 N–H and O–H groups in total. The smallest absolute Gasteiger partial charge is 0.123 e. The SMILES string of the molecule is Cc1cc(N)ncc1-c1cccs1. The van der Waals surface area contributed by atoms with Gasteiger partial charge in [-0.15, -0.1) is 11.3 Å². The van der Waals surface area contributed by atoms with Gasteiger partial charge in [-0.3, -0.25) is 0 Å². The van der Waals surface area contributed by atoms with Gasteiger partial charge in [-0.1, -0.05) is 6.07 Å². The molecule has 0 atom stereocenters. The predicted molar refractivity (Wildman–Crippen MR) is 56.7 cm³/mol. The van der Waals surface area contributed by atoms with Crippen LogP contribution in [0.4, 0.5) is 5.82 Å². The second-order valence-corrected chi connectivity index (χ2v) is 3.85. The Bertz CT molecular complexity index is 407. The molecule has 3 heteroatoms. The van der Waals surface area contributed by atoms with Crippen molar-refractivity contribution in [2.45, 2.75) is 6.92 Å². The van der Waals surface area contributed by atoms with Gasteiger partial charge < -0.3 is 5.73 Å². The standard InChI is InChI=1S/C10H10N2S/c1-7-5-10(11)12-6-8(7)9-3-2-4-13-9/h2-6H,1H3,(H2,11,12). The number of nitrogens with zero attached hydrogens (tertiary/aromatic N) is 1. The summed E-state index contributed by atoms with van der Waals surface area (Å²) < 4.78 is 0. The third-order valence-electron chi connectivity index (χ3n) is 1.92. The first-order valence-electron chi connectivity index (χ1n) is 4.03. The maximum absolute atomic E-state index is 5.57. The highest BCUT2D eigenvalue weighted by Gasteiger charge is 2.02. The molecule has 0 aliphatic rings. The molecule has 2 rings (SSSR count). The number of thiophene rings is 1. The average Bonchev–Trinajstić information content (AvgIpc) is 2.56. The van der Waals surface area contributed by atoms with Crippen LogP contribution in [0.25, 0.3) is 10.4 Å². The number of nitrogens with two attached hydrogens (primary N) is 1. The first-order chi connectivity index (χ1) is 6.27. The minimum atomic E-state index is 0.581. The van der Waals surface area contributed by atoms with E-state index in [9.17, 15) is 0 Å². The van der Waals surface area contributed by atoms with Crippen LogP contribution in [0.2, 0.25) is 0 Å². The average molecular weight is 190 g/mol. The van der Waals surface area contributed by atoms with Crippen LogP contribution in [-0.2, 0) is 0 Å². The molecule has 0 bridgehead atoms. The van der Waals surface area contributed by atoms with Crippen LogP contribution < -0.4 is 5.73 Å². The van der Waals surface area contributed by atoms with Crippen LogP contribution in [0, 0.1) is 6.92 Å². The van der Waals surface area contributed by atoms with E-state index in [0.717, 1.165) is 0 Å². The molecule has 0 radical (unpaired) electrons. The topological polar surface area (TPSA) is 38.9 Å². The second-order valence-electron chi connectivity index (χ2n) is 2.90. The van der Waals surface area contributed by atoms with Crippen molar-refractivity contribution >= 4 is 17.2 Å². The summed E-state index contributed by atoms with van der Waals surface area (Å²) in [6.07, 6.45) is 1.83. The lowest BCUT2D eigenvalue weighted by atomic mass is 10.1. The van der Waals surface area contributed by atoms with Crippen LogP contribution >= 0.6 is 11.3 Å². The molecule has 0 aliphatic carbocycles. The minimum absolute atomic E-state index is 0.581. The molecule has 0 saturated carbocycles. The highest BCUT2D eigenvalue weighted by Crippen LogP contribution is 2.27. The van der Waals surface area contributed by atoms with E-state index in [1.165, 1.54) is 16.0 Å². The highest BCUT2D eigenvalue weighted by atomic mass is 32.1. The Morgan fingerprint density at radius 2 is 2.31 bits per heavy atom. The van der Waals surface area contributed by atoms with Gasteiger partial charge in [-0.25, -0.2) is 4.98 Å². The molecule has 0 fully saturated rings. The largest absolute Gasteiger partial charge is 0.384 e. The van der Waals surface area contributed by atoms with Gasteiger partial charge in [-0.2, -0.15) is 0 Å². The molecule has 2 aromatic heterocycles. The monoisotopic (exact) mass is 190 g/mol. The zero-order valence-corrected chi connectivity index (χ0v) is 8.14. The Morgan fingerprint density at radius 3 is 2.92 bits per heavy atom. The molecule has 13 heavy (non-hydrogen) atoms. The minimum Gasteiger partial charge on any atom is -0.384 e. The van der Waals surface area contributed by atoms with Crippen LogP contribution in [0.15, 0.2) is 29.8 Å². The molecule has 66 valence electrons. The molecule has 0 spiro atoms. The molecule has 0 unspecified atom stereocenters. The van der Waals surface area contributed by atoms with Crippen molar-refractivity contribution in [2.75, 3.05) is 5.73 Å². The van der Waals surface area contributed by atoms with Crippen molar-refractivity contribution in [3.63, 3.8) is 0 Å². The number of nitrogen functional groups attached to an aromatic ring is 1. The van der Waals surface area contributed by atoms with E-state index in [-0.39, 0.29) is 0 Å². The van der Waals surface area contributed by atoms with Gasteiger partial charge in [0.15, 0.2) is 0 Å². The Hall–Kier alpha value is -1.35. The van der Waals surface area contributed by atoms with Crippen molar-refractivity contribution in [1.82, 2.24) is 4.98 Å². The van der Waals surface area contributed by atoms with Gasteiger partial charge in [0.1, 0.15) is 5.82 Å². The second kappa shape index (κ2) is 3.18. The summed E-state index contributed by atoms with van der Waals surface area (Å²) in [6, 6.07) is 6.02. The van der Waals surface area contributed by atoms with Gasteiger partial charge >= 0.3 is 0 Å². The molecule has 2 nitrogen and oxygen atoms in total. The van der Waals surface area contributed by atoms with E-state index < -0.39 is 0 Å². The van der Waals surface area contributed by atoms with E-state index in [4.69, 9.17) is 5.73 Å². The maximum atomic E-state index is 5.57. The number of rotatable bonds is 1. The molecule has 2 aromatic rings. The maximum Gasteiger partial charge on any atom is 0.123 e. The summed E-state index contributed by atoms with van der Waals surface area (Å²) in [5.41, 5.74) is 7.92. The predicted octanol–water partition coefficient (Wildman–Crippen LogP) is 2.70. The van der Waals surface area contributed by atoms with Gasteiger partial charge in [-0.05, 0) is 30.0 Å². The Labute approximate surface area is 81.1 Å². The summed E-state index contributed by atoms with van der Waals surface area (Å²) in [5.74, 6) is 0.581. The zero-order chi connectivity index (χ0) is 9.26. The van der Waals surface area contributed by atoms with Crippen LogP contribution in [0.1, 0.15) is 5.56 Å². The molecule has 0 saturated heterocycles. The van der Waals surface area contributed by atoms with Gasteiger partial charge in [0.05, 0.1) is 0 Å². The zero-order valence-electron chi connectivity index (χ0n) is 7.32. The van der Waals surface area contributed by atoms with E-state index >= 15 is 0 Å². The lowest BCUT2D eigenvalue weighted by Gasteiger charge is -2.02. The van der Waals surface area contributed by atoms with Crippen molar-refractivity contribution in [1.29, 1.82) is 0 Å². The lowest BCUT2D eigenvalue weighted by Crippen LogP contribution is -1.91. The van der Waals surface area contributed by atoms with E-state index in [2.05, 4.69) is 16.4 Å². The van der Waals surface area contributed by atoms with Gasteiger partial charge in [0, 0.05) is 16.6 Å². The fourth-order valence-electron chi connectivity index (χ4n) is 1.27. The quantitative estimate of drug-likeness (QED) is 0.751. The molecule has 0 amide bonds. The summed E-state index contributed by atoms with van der Waals surface area (Å²) in [7, 11) is 0. The summed E-state index contributed by atoms with van der Waals surface area (Å²) in [6.45, 7) is 2.05. The van der Waals surface area contributed by atoms with Gasteiger partial charge in [0.2, 0.25) is 0 Å². The third kappa shape index (κ3) is 1.55. The van der Waals surface area contributed by atoms with Crippen molar-refractivity contribution in [3.05, 3.63) is 35.3 Å². The van der Waals surface area contributed by atoms with E-state index in [1.54, 1.807) is 11.3 Å². The van der Waals surface area contributed by atoms with Crippen molar-refractivity contribution < 1.29 is 0 Å². The Morgan fingerprint density at radius 1 is 1.46 bits per heavy atom. The lowest BCUT2D eigenvalue weighted by molar-refractivity contribution is 1.30. The molecule has 0 aromatic carbocycles. The van der Waals surface area contributed by atoms with Crippen LogP contribution in [0.5, 0.6) is 0 Å². The number of anilines is 1. The number of hydrogen-bond donors (Lipinski definition) is 1. The normalized spacial score (nSPS) is 10.2. The third-order valence-corrected chi connectivity index (χ3v) is 2.82. The van der Waals surface area contributed by atoms with Crippen LogP contribution in [-0.4, -0.2) is 4.98 Å². The Balaban J connectivity index is 2.53. The number of hydrogen-bond acceptors (Lipinski definition) is 3. The molecular weight excluding hydrogens is 180 g/mol. The highest BCUT2D eigenvalue weighted by molar-refractivity contribution is 7.13. The van der Waals surface area contributed by atoms with Crippen molar-refractivity contribution in [3.8, 4) is 10.4 Å². The molecule has 0 aliphatic heterocycles. The first kappa shape index (κ1) is 8.26. The fourth-order valence-corrected chi connectivity index (χ4v) is 2.07. The first-order valence-corrected chi connectivity index (χ1v) is 4.91. The summed E-state index contributed by atoms with van der Waals surface area (Å²) in [4.78, 5) is 5.32. The Kier molecular flexibility index (Phi) is 2.02. The van der Waals surface area contributed by atoms with Gasteiger partial charge in [0.25, 0.3) is 0 Å². The summed E-state index contributed by atoms with van der Waals surface area (Å²) in [5, 5.41) is 2.06. The van der Waals surface area contributed by atoms with E-state index in [0.29, 0.717) is 5.82 Å². The molecular formula is C10H10N2S. The fraction of sp³-hybridized carbons (Fsp3) is 0.100. The number of aromatic nitrogens is 1. The van der Waals surface area contributed by atoms with E-state index in [1.807, 2.05) is 25.3 Å². The molecule has 2 heterocycles.